The fourth-order valence-electron chi connectivity index (χ4n) is 2.04. The Morgan fingerprint density at radius 2 is 1.89 bits per heavy atom. The van der Waals surface area contributed by atoms with E-state index in [0.717, 1.165) is 25.1 Å². The quantitative estimate of drug-likeness (QED) is 0.784. The fraction of sp³-hybridized carbons (Fsp3) is 0.625. The zero-order valence-electron chi connectivity index (χ0n) is 12.6. The van der Waals surface area contributed by atoms with Gasteiger partial charge in [-0.3, -0.25) is 0 Å². The third-order valence-electron chi connectivity index (χ3n) is 3.62. The molecule has 1 N–H and O–H groups in total. The molecule has 0 aliphatic heterocycles. The third-order valence-corrected chi connectivity index (χ3v) is 3.62. The lowest BCUT2D eigenvalue weighted by Crippen LogP contribution is -2.32. The lowest BCUT2D eigenvalue weighted by molar-refractivity contribution is 0.157. The molecule has 19 heavy (non-hydrogen) atoms. The molecule has 0 aliphatic rings. The van der Waals surface area contributed by atoms with Crippen molar-refractivity contribution in [3.63, 3.8) is 0 Å². The Hall–Kier alpha value is -1.06. The summed E-state index contributed by atoms with van der Waals surface area (Å²) in [6, 6.07) is 8.59. The van der Waals surface area contributed by atoms with Gasteiger partial charge < -0.3 is 14.7 Å². The van der Waals surface area contributed by atoms with Gasteiger partial charge in [0, 0.05) is 12.6 Å². The first-order valence-corrected chi connectivity index (χ1v) is 7.08. The molecule has 1 aromatic rings. The Kier molecular flexibility index (Phi) is 6.89. The molecular formula is C16H27NO2. The van der Waals surface area contributed by atoms with Crippen LogP contribution in [-0.4, -0.2) is 42.4 Å². The SMILES string of the molecule is Cc1ccccc1O[C@@H](C)CC[C@H](C)N(C)CCO. The number of nitrogens with zero attached hydrogens (tertiary/aromatic N) is 1. The van der Waals surface area contributed by atoms with Crippen molar-refractivity contribution in [3.05, 3.63) is 29.8 Å². The summed E-state index contributed by atoms with van der Waals surface area (Å²) in [5, 5.41) is 8.92. The zero-order valence-corrected chi connectivity index (χ0v) is 12.6. The first kappa shape index (κ1) is 16.0. The van der Waals surface area contributed by atoms with Crippen molar-refractivity contribution in [1.29, 1.82) is 0 Å². The van der Waals surface area contributed by atoms with Crippen molar-refractivity contribution >= 4 is 0 Å². The molecule has 0 aliphatic carbocycles. The molecule has 1 rings (SSSR count). The number of hydrogen-bond acceptors (Lipinski definition) is 3. The van der Waals surface area contributed by atoms with Crippen molar-refractivity contribution in [2.45, 2.75) is 45.8 Å². The van der Waals surface area contributed by atoms with Crippen LogP contribution in [0.5, 0.6) is 5.75 Å². The van der Waals surface area contributed by atoms with Crippen molar-refractivity contribution in [2.75, 3.05) is 20.2 Å². The monoisotopic (exact) mass is 265 g/mol. The maximum Gasteiger partial charge on any atom is 0.122 e. The topological polar surface area (TPSA) is 32.7 Å². The van der Waals surface area contributed by atoms with Crippen LogP contribution in [0.4, 0.5) is 0 Å². The standard InChI is InChI=1S/C16H27NO2/c1-13-7-5-6-8-16(13)19-15(3)10-9-14(2)17(4)11-12-18/h5-8,14-15,18H,9-12H2,1-4H3/t14-,15-/m0/s1. The maximum atomic E-state index is 8.92. The summed E-state index contributed by atoms with van der Waals surface area (Å²) in [6.45, 7) is 7.32. The molecule has 0 amide bonds. The molecule has 0 saturated carbocycles. The lowest BCUT2D eigenvalue weighted by Gasteiger charge is -2.25. The lowest BCUT2D eigenvalue weighted by atomic mass is 10.1. The highest BCUT2D eigenvalue weighted by Gasteiger charge is 2.12. The summed E-state index contributed by atoms with van der Waals surface area (Å²) in [5.41, 5.74) is 1.18. The Bertz CT molecular complexity index is 368. The Labute approximate surface area is 117 Å². The summed E-state index contributed by atoms with van der Waals surface area (Å²) in [7, 11) is 2.05. The van der Waals surface area contributed by atoms with Crippen LogP contribution in [0.25, 0.3) is 0 Å². The minimum Gasteiger partial charge on any atom is -0.490 e. The molecule has 108 valence electrons. The van der Waals surface area contributed by atoms with Gasteiger partial charge in [0.2, 0.25) is 0 Å². The van der Waals surface area contributed by atoms with Gasteiger partial charge in [-0.05, 0) is 52.3 Å². The molecule has 2 atom stereocenters. The predicted octanol–water partition coefficient (Wildman–Crippen LogP) is 2.86. The van der Waals surface area contributed by atoms with Crippen molar-refractivity contribution in [1.82, 2.24) is 4.90 Å². The smallest absolute Gasteiger partial charge is 0.122 e. The summed E-state index contributed by atoms with van der Waals surface area (Å²) in [4.78, 5) is 2.18. The molecule has 0 unspecified atom stereocenters. The van der Waals surface area contributed by atoms with Crippen molar-refractivity contribution < 1.29 is 9.84 Å². The van der Waals surface area contributed by atoms with Gasteiger partial charge in [0.15, 0.2) is 0 Å². The Balaban J connectivity index is 2.36. The molecule has 0 saturated heterocycles. The van der Waals surface area contributed by atoms with E-state index in [1.807, 2.05) is 25.2 Å². The first-order valence-electron chi connectivity index (χ1n) is 7.08. The number of aliphatic hydroxyl groups excluding tert-OH is 1. The second-order valence-corrected chi connectivity index (χ2v) is 5.32. The number of aliphatic hydroxyl groups is 1. The number of para-hydroxylation sites is 1. The van der Waals surface area contributed by atoms with Crippen LogP contribution >= 0.6 is 0 Å². The zero-order chi connectivity index (χ0) is 14.3. The predicted molar refractivity (Wildman–Crippen MR) is 79.7 cm³/mol. The third kappa shape index (κ3) is 5.62. The molecule has 1 aromatic carbocycles. The van der Waals surface area contributed by atoms with E-state index in [9.17, 15) is 0 Å². The van der Waals surface area contributed by atoms with E-state index in [1.54, 1.807) is 0 Å². The van der Waals surface area contributed by atoms with Gasteiger partial charge in [0.1, 0.15) is 5.75 Å². The van der Waals surface area contributed by atoms with E-state index in [4.69, 9.17) is 9.84 Å². The van der Waals surface area contributed by atoms with Gasteiger partial charge in [-0.15, -0.1) is 0 Å². The fourth-order valence-corrected chi connectivity index (χ4v) is 2.04. The van der Waals surface area contributed by atoms with Gasteiger partial charge in [-0.25, -0.2) is 0 Å². The molecule has 0 spiro atoms. The van der Waals surface area contributed by atoms with Gasteiger partial charge in [0.05, 0.1) is 12.7 Å². The van der Waals surface area contributed by atoms with Gasteiger partial charge in [0.25, 0.3) is 0 Å². The van der Waals surface area contributed by atoms with Crippen LogP contribution < -0.4 is 4.74 Å². The van der Waals surface area contributed by atoms with E-state index in [1.165, 1.54) is 5.56 Å². The largest absolute Gasteiger partial charge is 0.490 e. The van der Waals surface area contributed by atoms with Gasteiger partial charge in [-0.1, -0.05) is 18.2 Å². The van der Waals surface area contributed by atoms with E-state index >= 15 is 0 Å². The summed E-state index contributed by atoms with van der Waals surface area (Å²) in [6.07, 6.45) is 2.31. The number of ether oxygens (including phenoxy) is 1. The van der Waals surface area contributed by atoms with Crippen LogP contribution in [0.2, 0.25) is 0 Å². The van der Waals surface area contributed by atoms with Crippen LogP contribution in [0, 0.1) is 6.92 Å². The van der Waals surface area contributed by atoms with E-state index in [2.05, 4.69) is 31.7 Å². The first-order chi connectivity index (χ1) is 9.04. The molecule has 0 radical (unpaired) electrons. The molecule has 3 heteroatoms. The average molecular weight is 265 g/mol. The number of hydrogen-bond donors (Lipinski definition) is 1. The molecule has 3 nitrogen and oxygen atoms in total. The minimum absolute atomic E-state index is 0.214. The second kappa shape index (κ2) is 8.18. The summed E-state index contributed by atoms with van der Waals surface area (Å²) in [5.74, 6) is 0.978. The van der Waals surface area contributed by atoms with Crippen molar-refractivity contribution in [3.8, 4) is 5.75 Å². The second-order valence-electron chi connectivity index (χ2n) is 5.32. The van der Waals surface area contributed by atoms with Gasteiger partial charge >= 0.3 is 0 Å². The van der Waals surface area contributed by atoms with E-state index in [0.29, 0.717) is 6.04 Å². The highest BCUT2D eigenvalue weighted by atomic mass is 16.5. The summed E-state index contributed by atoms with van der Waals surface area (Å²) < 4.78 is 5.97. The Morgan fingerprint density at radius 3 is 2.53 bits per heavy atom. The number of benzene rings is 1. The normalized spacial score (nSPS) is 14.4. The van der Waals surface area contributed by atoms with Crippen molar-refractivity contribution in [2.24, 2.45) is 0 Å². The van der Waals surface area contributed by atoms with Crippen LogP contribution in [-0.2, 0) is 0 Å². The average Bonchev–Trinajstić information content (AvgIpc) is 2.39. The van der Waals surface area contributed by atoms with Gasteiger partial charge in [-0.2, -0.15) is 0 Å². The maximum absolute atomic E-state index is 8.92. The number of aryl methyl sites for hydroxylation is 1. The van der Waals surface area contributed by atoms with E-state index < -0.39 is 0 Å². The van der Waals surface area contributed by atoms with Crippen LogP contribution in [0.3, 0.4) is 0 Å². The number of likely N-dealkylation sites (N-methyl/N-ethyl adjacent to an activating group) is 1. The molecule has 0 fully saturated rings. The minimum atomic E-state index is 0.214. The molecular weight excluding hydrogens is 238 g/mol. The Morgan fingerprint density at radius 1 is 1.21 bits per heavy atom. The molecule has 0 heterocycles. The molecule has 0 bridgehead atoms. The van der Waals surface area contributed by atoms with Crippen LogP contribution in [0.1, 0.15) is 32.3 Å². The molecule has 0 aromatic heterocycles. The summed E-state index contributed by atoms with van der Waals surface area (Å²) >= 11 is 0. The highest BCUT2D eigenvalue weighted by molar-refractivity contribution is 5.31. The number of rotatable bonds is 8. The van der Waals surface area contributed by atoms with E-state index in [-0.39, 0.29) is 12.7 Å². The highest BCUT2D eigenvalue weighted by Crippen LogP contribution is 2.19. The van der Waals surface area contributed by atoms with Crippen LogP contribution in [0.15, 0.2) is 24.3 Å².